The van der Waals surface area contributed by atoms with E-state index in [2.05, 4.69) is 39.8 Å². The predicted octanol–water partition coefficient (Wildman–Crippen LogP) is 2.93. The second-order valence-corrected chi connectivity index (χ2v) is 9.93. The van der Waals surface area contributed by atoms with Crippen LogP contribution >= 0.6 is 0 Å². The van der Waals surface area contributed by atoms with E-state index >= 15 is 0 Å². The lowest BCUT2D eigenvalue weighted by Gasteiger charge is -2.38. The van der Waals surface area contributed by atoms with Crippen molar-refractivity contribution in [2.75, 3.05) is 19.6 Å². The second-order valence-electron chi connectivity index (χ2n) is 9.93. The molecule has 1 saturated heterocycles. The van der Waals surface area contributed by atoms with Gasteiger partial charge in [-0.2, -0.15) is 0 Å². The van der Waals surface area contributed by atoms with Crippen molar-refractivity contribution in [2.45, 2.75) is 93.9 Å². The zero-order valence-corrected chi connectivity index (χ0v) is 18.6. The fraction of sp³-hybridized carbons (Fsp3) is 0.720. The fourth-order valence-electron chi connectivity index (χ4n) is 5.92. The molecule has 2 aliphatic carbocycles. The number of aliphatic hydroxyl groups is 2. The maximum absolute atomic E-state index is 12.6. The summed E-state index contributed by atoms with van der Waals surface area (Å²) in [5.74, 6) is 0. The van der Waals surface area contributed by atoms with Crippen LogP contribution in [0.4, 0.5) is 4.79 Å². The second kappa shape index (κ2) is 10.3. The molecule has 2 amide bonds. The first-order valence-electron chi connectivity index (χ1n) is 12.3. The number of carbonyl (C=O) groups excluding carboxylic acids is 1. The molecule has 3 fully saturated rings. The number of hydrogen-bond donors (Lipinski definition) is 4. The van der Waals surface area contributed by atoms with Gasteiger partial charge in [0.1, 0.15) is 0 Å². The van der Waals surface area contributed by atoms with E-state index in [0.717, 1.165) is 64.5 Å². The van der Waals surface area contributed by atoms with Crippen LogP contribution in [0.3, 0.4) is 0 Å². The summed E-state index contributed by atoms with van der Waals surface area (Å²) in [6, 6.07) is 10.9. The molecule has 172 valence electrons. The van der Waals surface area contributed by atoms with Gasteiger partial charge in [0.25, 0.3) is 0 Å². The number of amides is 2. The van der Waals surface area contributed by atoms with Crippen molar-refractivity contribution in [3.63, 3.8) is 0 Å². The SMILES string of the molecule is O=C(NC[C@@]1(c2ccccc2)CC[C@H](O)[C@@H](N2CCC(O)CC2)CC1)NC1CCCC1. The summed E-state index contributed by atoms with van der Waals surface area (Å²) in [6.45, 7) is 2.29. The van der Waals surface area contributed by atoms with Gasteiger partial charge < -0.3 is 20.8 Å². The lowest BCUT2D eigenvalue weighted by molar-refractivity contribution is 0.00482. The van der Waals surface area contributed by atoms with Crippen molar-refractivity contribution in [2.24, 2.45) is 0 Å². The van der Waals surface area contributed by atoms with E-state index in [9.17, 15) is 15.0 Å². The molecule has 1 aromatic carbocycles. The standard InChI is InChI=1S/C25H39N3O3/c29-21-12-16-28(17-13-21)22-10-14-25(15-11-23(22)30,19-6-2-1-3-7-19)18-26-24(31)27-20-8-4-5-9-20/h1-3,6-7,20-23,29-30H,4-5,8-18H2,(H2,26,27,31)/t22-,23-,25-/m0/s1. The lowest BCUT2D eigenvalue weighted by Crippen LogP contribution is -2.48. The number of likely N-dealkylation sites (tertiary alicyclic amines) is 1. The topological polar surface area (TPSA) is 84.8 Å². The minimum atomic E-state index is -0.367. The molecule has 6 nitrogen and oxygen atoms in total. The van der Waals surface area contributed by atoms with Crippen molar-refractivity contribution in [1.29, 1.82) is 0 Å². The van der Waals surface area contributed by atoms with Gasteiger partial charge in [-0.1, -0.05) is 43.2 Å². The molecule has 3 aliphatic rings. The van der Waals surface area contributed by atoms with E-state index in [1.54, 1.807) is 0 Å². The molecule has 0 aromatic heterocycles. The van der Waals surface area contributed by atoms with Crippen molar-refractivity contribution in [3.8, 4) is 0 Å². The number of rotatable bonds is 5. The Kier molecular flexibility index (Phi) is 7.51. The summed E-state index contributed by atoms with van der Waals surface area (Å²) >= 11 is 0. The van der Waals surface area contributed by atoms with E-state index < -0.39 is 0 Å². The lowest BCUT2D eigenvalue weighted by atomic mass is 9.74. The van der Waals surface area contributed by atoms with Gasteiger partial charge in [-0.3, -0.25) is 4.90 Å². The van der Waals surface area contributed by atoms with E-state index in [1.807, 2.05) is 6.07 Å². The van der Waals surface area contributed by atoms with Gasteiger partial charge in [-0.25, -0.2) is 4.79 Å². The highest BCUT2D eigenvalue weighted by Crippen LogP contribution is 2.39. The molecule has 2 saturated carbocycles. The Morgan fingerprint density at radius 2 is 1.65 bits per heavy atom. The minimum Gasteiger partial charge on any atom is -0.393 e. The predicted molar refractivity (Wildman–Crippen MR) is 122 cm³/mol. The monoisotopic (exact) mass is 429 g/mol. The zero-order valence-electron chi connectivity index (χ0n) is 18.6. The van der Waals surface area contributed by atoms with Gasteiger partial charge in [0.15, 0.2) is 0 Å². The summed E-state index contributed by atoms with van der Waals surface area (Å²) in [5.41, 5.74) is 1.08. The molecule has 0 radical (unpaired) electrons. The van der Waals surface area contributed by atoms with Crippen LogP contribution in [0.2, 0.25) is 0 Å². The largest absolute Gasteiger partial charge is 0.393 e. The number of nitrogens with zero attached hydrogens (tertiary/aromatic N) is 1. The van der Waals surface area contributed by atoms with Gasteiger partial charge in [-0.15, -0.1) is 0 Å². The number of piperidine rings is 1. The van der Waals surface area contributed by atoms with Crippen molar-refractivity contribution in [1.82, 2.24) is 15.5 Å². The highest BCUT2D eigenvalue weighted by molar-refractivity contribution is 5.74. The Labute approximate surface area is 186 Å². The van der Waals surface area contributed by atoms with Gasteiger partial charge in [0.2, 0.25) is 0 Å². The Morgan fingerprint density at radius 1 is 0.968 bits per heavy atom. The molecule has 4 rings (SSSR count). The first-order chi connectivity index (χ1) is 15.1. The average Bonchev–Trinajstić information content (AvgIpc) is 3.23. The molecule has 31 heavy (non-hydrogen) atoms. The molecule has 3 atom stereocenters. The Balaban J connectivity index is 1.45. The number of benzene rings is 1. The Bertz CT molecular complexity index is 701. The van der Waals surface area contributed by atoms with E-state index in [0.29, 0.717) is 12.6 Å². The van der Waals surface area contributed by atoms with Gasteiger partial charge in [0.05, 0.1) is 12.2 Å². The summed E-state index contributed by atoms with van der Waals surface area (Å²) in [6.07, 6.45) is 8.98. The molecular weight excluding hydrogens is 390 g/mol. The van der Waals surface area contributed by atoms with Gasteiger partial charge in [0, 0.05) is 37.1 Å². The number of urea groups is 1. The van der Waals surface area contributed by atoms with Crippen LogP contribution in [0.5, 0.6) is 0 Å². The van der Waals surface area contributed by atoms with Crippen LogP contribution in [-0.2, 0) is 5.41 Å². The number of hydrogen-bond acceptors (Lipinski definition) is 4. The van der Waals surface area contributed by atoms with Crippen LogP contribution in [0, 0.1) is 0 Å². The molecule has 0 bridgehead atoms. The quantitative estimate of drug-likeness (QED) is 0.542. The van der Waals surface area contributed by atoms with Crippen LogP contribution in [0.1, 0.15) is 69.8 Å². The minimum absolute atomic E-state index is 0.0615. The normalized spacial score (nSPS) is 31.3. The number of nitrogens with one attached hydrogen (secondary N) is 2. The first-order valence-corrected chi connectivity index (χ1v) is 12.3. The van der Waals surface area contributed by atoms with E-state index in [1.165, 1.54) is 18.4 Å². The smallest absolute Gasteiger partial charge is 0.315 e. The van der Waals surface area contributed by atoms with Crippen molar-refractivity contribution in [3.05, 3.63) is 35.9 Å². The number of carbonyl (C=O) groups is 1. The van der Waals surface area contributed by atoms with E-state index in [-0.39, 0.29) is 29.7 Å². The van der Waals surface area contributed by atoms with Crippen LogP contribution in [0.25, 0.3) is 0 Å². The summed E-state index contributed by atoms with van der Waals surface area (Å²) in [4.78, 5) is 15.0. The molecule has 6 heteroatoms. The number of aliphatic hydroxyl groups excluding tert-OH is 2. The van der Waals surface area contributed by atoms with Crippen LogP contribution in [0.15, 0.2) is 30.3 Å². The first kappa shape index (κ1) is 22.6. The van der Waals surface area contributed by atoms with Crippen molar-refractivity contribution < 1.29 is 15.0 Å². The fourth-order valence-corrected chi connectivity index (χ4v) is 5.92. The molecule has 0 unspecified atom stereocenters. The molecular formula is C25H39N3O3. The molecule has 4 N–H and O–H groups in total. The highest BCUT2D eigenvalue weighted by atomic mass is 16.3. The summed E-state index contributed by atoms with van der Waals surface area (Å²) < 4.78 is 0. The maximum atomic E-state index is 12.6. The zero-order chi connectivity index (χ0) is 21.7. The summed E-state index contributed by atoms with van der Waals surface area (Å²) in [5, 5.41) is 27.2. The van der Waals surface area contributed by atoms with Gasteiger partial charge >= 0.3 is 6.03 Å². The molecule has 1 heterocycles. The maximum Gasteiger partial charge on any atom is 0.315 e. The molecule has 1 aliphatic heterocycles. The van der Waals surface area contributed by atoms with Crippen LogP contribution in [-0.4, -0.2) is 65.1 Å². The molecule has 0 spiro atoms. The van der Waals surface area contributed by atoms with Crippen LogP contribution < -0.4 is 10.6 Å². The molecule has 1 aromatic rings. The Morgan fingerprint density at radius 3 is 2.35 bits per heavy atom. The third kappa shape index (κ3) is 5.60. The van der Waals surface area contributed by atoms with E-state index in [4.69, 9.17) is 0 Å². The third-order valence-electron chi connectivity index (χ3n) is 7.91. The third-order valence-corrected chi connectivity index (χ3v) is 7.91. The highest BCUT2D eigenvalue weighted by Gasteiger charge is 2.40. The van der Waals surface area contributed by atoms with Gasteiger partial charge in [-0.05, 0) is 56.9 Å². The summed E-state index contributed by atoms with van der Waals surface area (Å²) in [7, 11) is 0. The van der Waals surface area contributed by atoms with Crippen molar-refractivity contribution >= 4 is 6.03 Å². The Hall–Kier alpha value is -1.63. The average molecular weight is 430 g/mol.